The van der Waals surface area contributed by atoms with Gasteiger partial charge in [0, 0.05) is 12.7 Å². The number of carbonyl (C=O) groups excluding carboxylic acids is 1. The van der Waals surface area contributed by atoms with Crippen molar-refractivity contribution < 1.29 is 9.53 Å². The summed E-state index contributed by atoms with van der Waals surface area (Å²) in [5.41, 5.74) is 2.91. The molecule has 0 saturated carbocycles. The van der Waals surface area contributed by atoms with Crippen LogP contribution in [0.3, 0.4) is 0 Å². The minimum atomic E-state index is -0.140. The van der Waals surface area contributed by atoms with Gasteiger partial charge in [0.15, 0.2) is 5.65 Å². The molecule has 0 aliphatic carbocycles. The smallest absolute Gasteiger partial charge is 0.252 e. The first-order valence-corrected chi connectivity index (χ1v) is 7.83. The van der Waals surface area contributed by atoms with Crippen LogP contribution in [0.15, 0.2) is 36.4 Å². The molecule has 0 radical (unpaired) electrons. The van der Waals surface area contributed by atoms with Gasteiger partial charge in [0.05, 0.1) is 23.2 Å². The fourth-order valence-electron chi connectivity index (χ4n) is 2.69. The number of aromatic nitrogens is 3. The Hall–Kier alpha value is -2.89. The van der Waals surface area contributed by atoms with E-state index in [1.807, 2.05) is 51.2 Å². The van der Waals surface area contributed by atoms with Crippen molar-refractivity contribution in [2.24, 2.45) is 7.05 Å². The molecule has 0 aliphatic heterocycles. The van der Waals surface area contributed by atoms with Gasteiger partial charge in [-0.05, 0) is 32.0 Å². The van der Waals surface area contributed by atoms with Gasteiger partial charge in [-0.3, -0.25) is 9.48 Å². The molecule has 3 aromatic rings. The summed E-state index contributed by atoms with van der Waals surface area (Å²) in [6, 6.07) is 11.3. The molecule has 2 aromatic heterocycles. The van der Waals surface area contributed by atoms with Crippen LogP contribution in [-0.2, 0) is 7.05 Å². The number of nitrogens with zero attached hydrogens (tertiary/aromatic N) is 3. The number of amides is 1. The molecule has 1 aromatic carbocycles. The summed E-state index contributed by atoms with van der Waals surface area (Å²) in [7, 11) is 1.83. The zero-order valence-corrected chi connectivity index (χ0v) is 14.0. The molecule has 6 nitrogen and oxygen atoms in total. The highest BCUT2D eigenvalue weighted by molar-refractivity contribution is 6.06. The van der Waals surface area contributed by atoms with Crippen LogP contribution in [0.5, 0.6) is 5.75 Å². The van der Waals surface area contributed by atoms with Crippen LogP contribution in [0.4, 0.5) is 0 Å². The molecule has 0 spiro atoms. The Morgan fingerprint density at radius 3 is 2.75 bits per heavy atom. The molecule has 3 rings (SSSR count). The first kappa shape index (κ1) is 16.0. The van der Waals surface area contributed by atoms with Crippen molar-refractivity contribution in [1.82, 2.24) is 20.1 Å². The Labute approximate surface area is 140 Å². The number of fused-ring (bicyclic) bond motifs is 1. The number of hydrogen-bond acceptors (Lipinski definition) is 4. The average Bonchev–Trinajstić information content (AvgIpc) is 2.86. The van der Waals surface area contributed by atoms with Crippen molar-refractivity contribution in [3.8, 4) is 5.75 Å². The van der Waals surface area contributed by atoms with Gasteiger partial charge in [-0.2, -0.15) is 5.10 Å². The Morgan fingerprint density at radius 2 is 2.00 bits per heavy atom. The van der Waals surface area contributed by atoms with Crippen LogP contribution >= 0.6 is 0 Å². The Morgan fingerprint density at radius 1 is 1.25 bits per heavy atom. The van der Waals surface area contributed by atoms with Crippen LogP contribution in [0, 0.1) is 13.8 Å². The standard InChI is InChI=1S/C18H20N4O2/c1-12-11-15(16-13(2)21-22(3)17(16)20-12)18(23)19-9-10-24-14-7-5-4-6-8-14/h4-8,11H,9-10H2,1-3H3,(H,19,23). The number of pyridine rings is 1. The highest BCUT2D eigenvalue weighted by Crippen LogP contribution is 2.21. The molecule has 0 atom stereocenters. The third kappa shape index (κ3) is 3.22. The summed E-state index contributed by atoms with van der Waals surface area (Å²) in [5, 5.41) is 8.05. The van der Waals surface area contributed by atoms with Crippen LogP contribution < -0.4 is 10.1 Å². The number of benzene rings is 1. The van der Waals surface area contributed by atoms with Gasteiger partial charge in [0.25, 0.3) is 5.91 Å². The van der Waals surface area contributed by atoms with Crippen molar-refractivity contribution in [1.29, 1.82) is 0 Å². The van der Waals surface area contributed by atoms with E-state index in [1.165, 1.54) is 0 Å². The monoisotopic (exact) mass is 324 g/mol. The van der Waals surface area contributed by atoms with Gasteiger partial charge in [-0.15, -0.1) is 0 Å². The lowest BCUT2D eigenvalue weighted by Crippen LogP contribution is -2.28. The first-order chi connectivity index (χ1) is 11.6. The lowest BCUT2D eigenvalue weighted by molar-refractivity contribution is 0.0948. The molecule has 124 valence electrons. The van der Waals surface area contributed by atoms with E-state index in [0.717, 1.165) is 28.2 Å². The van der Waals surface area contributed by atoms with E-state index in [2.05, 4.69) is 15.4 Å². The highest BCUT2D eigenvalue weighted by Gasteiger charge is 2.17. The third-order valence-electron chi connectivity index (χ3n) is 3.74. The average molecular weight is 324 g/mol. The molecule has 0 bridgehead atoms. The number of para-hydroxylation sites is 1. The Balaban J connectivity index is 1.70. The lowest BCUT2D eigenvalue weighted by Gasteiger charge is -2.09. The highest BCUT2D eigenvalue weighted by atomic mass is 16.5. The van der Waals surface area contributed by atoms with E-state index < -0.39 is 0 Å². The molecule has 1 amide bonds. The second-order valence-electron chi connectivity index (χ2n) is 5.64. The molecule has 0 saturated heterocycles. The van der Waals surface area contributed by atoms with Gasteiger partial charge in [0.2, 0.25) is 0 Å². The van der Waals surface area contributed by atoms with Gasteiger partial charge in [-0.25, -0.2) is 4.98 Å². The summed E-state index contributed by atoms with van der Waals surface area (Å²) in [6.07, 6.45) is 0. The number of rotatable bonds is 5. The Bertz CT molecular complexity index is 872. The fourth-order valence-corrected chi connectivity index (χ4v) is 2.69. The van der Waals surface area contributed by atoms with Crippen molar-refractivity contribution in [3.05, 3.63) is 53.3 Å². The summed E-state index contributed by atoms with van der Waals surface area (Å²) < 4.78 is 7.29. The van der Waals surface area contributed by atoms with Gasteiger partial charge < -0.3 is 10.1 Å². The molecule has 24 heavy (non-hydrogen) atoms. The number of nitrogens with one attached hydrogen (secondary N) is 1. The number of hydrogen-bond donors (Lipinski definition) is 1. The molecule has 6 heteroatoms. The number of carbonyl (C=O) groups is 1. The second-order valence-corrected chi connectivity index (χ2v) is 5.64. The van der Waals surface area contributed by atoms with E-state index in [-0.39, 0.29) is 5.91 Å². The molecule has 0 unspecified atom stereocenters. The van der Waals surface area contributed by atoms with Crippen LogP contribution in [0.2, 0.25) is 0 Å². The normalized spacial score (nSPS) is 10.8. The number of aryl methyl sites for hydroxylation is 3. The summed E-state index contributed by atoms with van der Waals surface area (Å²) in [5.74, 6) is 0.648. The van der Waals surface area contributed by atoms with E-state index in [4.69, 9.17) is 4.74 Å². The van der Waals surface area contributed by atoms with Crippen LogP contribution in [0.25, 0.3) is 11.0 Å². The van der Waals surface area contributed by atoms with Crippen LogP contribution in [0.1, 0.15) is 21.7 Å². The topological polar surface area (TPSA) is 69.0 Å². The maximum atomic E-state index is 12.6. The SMILES string of the molecule is Cc1cc(C(=O)NCCOc2ccccc2)c2c(C)nn(C)c2n1. The number of ether oxygens (including phenoxy) is 1. The predicted octanol–water partition coefficient (Wildman–Crippen LogP) is 2.39. The van der Waals surface area contributed by atoms with Crippen molar-refractivity contribution >= 4 is 16.9 Å². The molecule has 0 aliphatic rings. The van der Waals surface area contributed by atoms with Gasteiger partial charge in [-0.1, -0.05) is 18.2 Å². The van der Waals surface area contributed by atoms with Gasteiger partial charge >= 0.3 is 0 Å². The molecular weight excluding hydrogens is 304 g/mol. The van der Waals surface area contributed by atoms with Crippen molar-refractivity contribution in [2.45, 2.75) is 13.8 Å². The third-order valence-corrected chi connectivity index (χ3v) is 3.74. The summed E-state index contributed by atoms with van der Waals surface area (Å²) in [6.45, 7) is 4.59. The predicted molar refractivity (Wildman–Crippen MR) is 92.3 cm³/mol. The van der Waals surface area contributed by atoms with Gasteiger partial charge in [0.1, 0.15) is 12.4 Å². The summed E-state index contributed by atoms with van der Waals surface area (Å²) in [4.78, 5) is 17.0. The fraction of sp³-hybridized carbons (Fsp3) is 0.278. The minimum Gasteiger partial charge on any atom is -0.492 e. The maximum Gasteiger partial charge on any atom is 0.252 e. The quantitative estimate of drug-likeness (QED) is 0.732. The van der Waals surface area contributed by atoms with E-state index >= 15 is 0 Å². The summed E-state index contributed by atoms with van der Waals surface area (Å²) >= 11 is 0. The zero-order chi connectivity index (χ0) is 17.1. The molecular formula is C18H20N4O2. The van der Waals surface area contributed by atoms with Crippen molar-refractivity contribution in [3.63, 3.8) is 0 Å². The van der Waals surface area contributed by atoms with Crippen molar-refractivity contribution in [2.75, 3.05) is 13.2 Å². The molecule has 2 heterocycles. The second kappa shape index (κ2) is 6.70. The maximum absolute atomic E-state index is 12.6. The molecule has 0 fully saturated rings. The lowest BCUT2D eigenvalue weighted by atomic mass is 10.1. The van der Waals surface area contributed by atoms with Crippen LogP contribution in [-0.4, -0.2) is 33.8 Å². The van der Waals surface area contributed by atoms with E-state index in [0.29, 0.717) is 18.7 Å². The zero-order valence-electron chi connectivity index (χ0n) is 14.0. The minimum absolute atomic E-state index is 0.140. The first-order valence-electron chi connectivity index (χ1n) is 7.83. The Kier molecular flexibility index (Phi) is 4.46. The largest absolute Gasteiger partial charge is 0.492 e. The molecule has 1 N–H and O–H groups in total. The van der Waals surface area contributed by atoms with E-state index in [1.54, 1.807) is 10.7 Å². The van der Waals surface area contributed by atoms with E-state index in [9.17, 15) is 4.79 Å².